The van der Waals surface area contributed by atoms with E-state index in [4.69, 9.17) is 4.98 Å². The summed E-state index contributed by atoms with van der Waals surface area (Å²) in [4.78, 5) is 4.70. The van der Waals surface area contributed by atoms with Crippen LogP contribution in [0.4, 0.5) is 5.82 Å². The van der Waals surface area contributed by atoms with Crippen molar-refractivity contribution in [1.29, 1.82) is 0 Å². The average Bonchev–Trinajstić information content (AvgIpc) is 2.37. The van der Waals surface area contributed by atoms with Crippen molar-refractivity contribution in [3.63, 3.8) is 0 Å². The van der Waals surface area contributed by atoms with E-state index in [1.54, 1.807) is 0 Å². The van der Waals surface area contributed by atoms with E-state index >= 15 is 0 Å². The Morgan fingerprint density at radius 1 is 1.06 bits per heavy atom. The van der Waals surface area contributed by atoms with Gasteiger partial charge in [-0.3, -0.25) is 0 Å². The Labute approximate surface area is 103 Å². The van der Waals surface area contributed by atoms with Gasteiger partial charge in [0.25, 0.3) is 0 Å². The van der Waals surface area contributed by atoms with Gasteiger partial charge in [0.15, 0.2) is 0 Å². The minimum absolute atomic E-state index is 0.915. The lowest BCUT2D eigenvalue weighted by atomic mass is 10.1. The van der Waals surface area contributed by atoms with E-state index in [0.29, 0.717) is 0 Å². The molecule has 1 heterocycles. The van der Waals surface area contributed by atoms with Crippen molar-refractivity contribution in [2.75, 3.05) is 11.9 Å². The topological polar surface area (TPSA) is 24.9 Å². The third-order valence-electron chi connectivity index (χ3n) is 3.09. The Morgan fingerprint density at radius 2 is 1.88 bits per heavy atom. The van der Waals surface area contributed by atoms with E-state index in [-0.39, 0.29) is 0 Å². The highest BCUT2D eigenvalue weighted by molar-refractivity contribution is 5.82. The van der Waals surface area contributed by atoms with Crippen molar-refractivity contribution in [3.8, 4) is 0 Å². The third-order valence-corrected chi connectivity index (χ3v) is 3.09. The SMILES string of the molecule is CCNc1nc2ccc(CC)cc2cc1CC. The zero-order valence-corrected chi connectivity index (χ0v) is 10.9. The number of aryl methyl sites for hydroxylation is 2. The van der Waals surface area contributed by atoms with Crippen LogP contribution in [0, 0.1) is 0 Å². The molecule has 2 rings (SSSR count). The highest BCUT2D eigenvalue weighted by Gasteiger charge is 2.05. The molecule has 90 valence electrons. The summed E-state index contributed by atoms with van der Waals surface area (Å²) in [5, 5.41) is 4.59. The van der Waals surface area contributed by atoms with Crippen LogP contribution in [0.15, 0.2) is 24.3 Å². The molecule has 0 fully saturated rings. The van der Waals surface area contributed by atoms with E-state index in [1.165, 1.54) is 16.5 Å². The summed E-state index contributed by atoms with van der Waals surface area (Å²) in [5.74, 6) is 1.03. The van der Waals surface area contributed by atoms with Gasteiger partial charge in [-0.1, -0.05) is 19.9 Å². The first-order valence-corrected chi connectivity index (χ1v) is 6.44. The monoisotopic (exact) mass is 228 g/mol. The Morgan fingerprint density at radius 3 is 2.53 bits per heavy atom. The van der Waals surface area contributed by atoms with Crippen LogP contribution in [0.2, 0.25) is 0 Å². The quantitative estimate of drug-likeness (QED) is 0.861. The first-order chi connectivity index (χ1) is 8.28. The van der Waals surface area contributed by atoms with Gasteiger partial charge in [-0.2, -0.15) is 0 Å². The van der Waals surface area contributed by atoms with Crippen LogP contribution in [0.25, 0.3) is 10.9 Å². The minimum Gasteiger partial charge on any atom is -0.370 e. The van der Waals surface area contributed by atoms with Crippen molar-refractivity contribution in [2.24, 2.45) is 0 Å². The van der Waals surface area contributed by atoms with Gasteiger partial charge in [-0.15, -0.1) is 0 Å². The molecule has 0 unspecified atom stereocenters. The number of benzene rings is 1. The summed E-state index contributed by atoms with van der Waals surface area (Å²) in [7, 11) is 0. The number of hydrogen-bond donors (Lipinski definition) is 1. The predicted octanol–water partition coefficient (Wildman–Crippen LogP) is 3.79. The molecule has 0 atom stereocenters. The van der Waals surface area contributed by atoms with E-state index in [0.717, 1.165) is 30.7 Å². The lowest BCUT2D eigenvalue weighted by molar-refractivity contribution is 1.08. The molecular formula is C15H20N2. The van der Waals surface area contributed by atoms with Gasteiger partial charge in [0, 0.05) is 11.9 Å². The summed E-state index contributed by atoms with van der Waals surface area (Å²) < 4.78 is 0. The van der Waals surface area contributed by atoms with Crippen LogP contribution in [-0.4, -0.2) is 11.5 Å². The standard InChI is InChI=1S/C15H20N2/c1-4-11-7-8-14-13(9-11)10-12(5-2)15(17-14)16-6-3/h7-10H,4-6H2,1-3H3,(H,16,17). The summed E-state index contributed by atoms with van der Waals surface area (Å²) in [5.41, 5.74) is 3.75. The number of hydrogen-bond acceptors (Lipinski definition) is 2. The minimum atomic E-state index is 0.915. The van der Waals surface area contributed by atoms with Gasteiger partial charge in [-0.25, -0.2) is 4.98 Å². The molecule has 0 amide bonds. The van der Waals surface area contributed by atoms with Crippen molar-refractivity contribution in [1.82, 2.24) is 4.98 Å². The second kappa shape index (κ2) is 5.17. The maximum atomic E-state index is 4.70. The molecular weight excluding hydrogens is 208 g/mol. The first-order valence-electron chi connectivity index (χ1n) is 6.44. The largest absolute Gasteiger partial charge is 0.370 e. The number of pyridine rings is 1. The zero-order chi connectivity index (χ0) is 12.3. The number of nitrogens with one attached hydrogen (secondary N) is 1. The smallest absolute Gasteiger partial charge is 0.129 e. The van der Waals surface area contributed by atoms with E-state index in [9.17, 15) is 0 Å². The fraction of sp³-hybridized carbons (Fsp3) is 0.400. The fourth-order valence-electron chi connectivity index (χ4n) is 2.08. The number of aromatic nitrogens is 1. The van der Waals surface area contributed by atoms with Crippen LogP contribution in [0.1, 0.15) is 31.9 Å². The normalized spacial score (nSPS) is 10.8. The van der Waals surface area contributed by atoms with E-state index < -0.39 is 0 Å². The molecule has 0 saturated carbocycles. The summed E-state index contributed by atoms with van der Waals surface area (Å²) in [6, 6.07) is 8.79. The van der Waals surface area contributed by atoms with Crippen LogP contribution < -0.4 is 5.32 Å². The molecule has 0 spiro atoms. The van der Waals surface area contributed by atoms with Crippen LogP contribution in [0.5, 0.6) is 0 Å². The van der Waals surface area contributed by atoms with Crippen molar-refractivity contribution >= 4 is 16.7 Å². The summed E-state index contributed by atoms with van der Waals surface area (Å²) in [6.45, 7) is 7.37. The van der Waals surface area contributed by atoms with E-state index in [1.807, 2.05) is 0 Å². The Balaban J connectivity index is 2.56. The fourth-order valence-corrected chi connectivity index (χ4v) is 2.08. The lowest BCUT2D eigenvalue weighted by Gasteiger charge is -2.10. The average molecular weight is 228 g/mol. The van der Waals surface area contributed by atoms with E-state index in [2.05, 4.69) is 50.4 Å². The Hall–Kier alpha value is -1.57. The number of fused-ring (bicyclic) bond motifs is 1. The lowest BCUT2D eigenvalue weighted by Crippen LogP contribution is -2.03. The first kappa shape index (κ1) is 11.9. The summed E-state index contributed by atoms with van der Waals surface area (Å²) in [6.07, 6.45) is 2.09. The maximum Gasteiger partial charge on any atom is 0.129 e. The van der Waals surface area contributed by atoms with Crippen LogP contribution in [-0.2, 0) is 12.8 Å². The molecule has 0 aliphatic carbocycles. The molecule has 2 aromatic rings. The van der Waals surface area contributed by atoms with Gasteiger partial charge in [0.1, 0.15) is 5.82 Å². The highest BCUT2D eigenvalue weighted by atomic mass is 15.0. The molecule has 0 bridgehead atoms. The molecule has 1 N–H and O–H groups in total. The van der Waals surface area contributed by atoms with Gasteiger partial charge < -0.3 is 5.32 Å². The van der Waals surface area contributed by atoms with Gasteiger partial charge >= 0.3 is 0 Å². The second-order valence-electron chi connectivity index (χ2n) is 4.26. The van der Waals surface area contributed by atoms with Crippen LogP contribution >= 0.6 is 0 Å². The molecule has 0 aliphatic rings. The highest BCUT2D eigenvalue weighted by Crippen LogP contribution is 2.22. The number of rotatable bonds is 4. The number of nitrogens with zero attached hydrogens (tertiary/aromatic N) is 1. The Kier molecular flexibility index (Phi) is 3.62. The van der Waals surface area contributed by atoms with Crippen molar-refractivity contribution in [2.45, 2.75) is 33.6 Å². The third kappa shape index (κ3) is 2.41. The second-order valence-corrected chi connectivity index (χ2v) is 4.26. The predicted molar refractivity (Wildman–Crippen MR) is 74.7 cm³/mol. The molecule has 1 aromatic carbocycles. The summed E-state index contributed by atoms with van der Waals surface area (Å²) >= 11 is 0. The van der Waals surface area contributed by atoms with Crippen LogP contribution in [0.3, 0.4) is 0 Å². The Bertz CT molecular complexity index is 518. The van der Waals surface area contributed by atoms with Crippen molar-refractivity contribution < 1.29 is 0 Å². The molecule has 1 aromatic heterocycles. The van der Waals surface area contributed by atoms with Gasteiger partial charge in [-0.05, 0) is 49.1 Å². The molecule has 2 nitrogen and oxygen atoms in total. The van der Waals surface area contributed by atoms with Gasteiger partial charge in [0.2, 0.25) is 0 Å². The molecule has 2 heteroatoms. The van der Waals surface area contributed by atoms with Crippen molar-refractivity contribution in [3.05, 3.63) is 35.4 Å². The molecule has 0 aliphatic heterocycles. The zero-order valence-electron chi connectivity index (χ0n) is 10.9. The molecule has 0 saturated heterocycles. The maximum absolute atomic E-state index is 4.70. The molecule has 17 heavy (non-hydrogen) atoms. The van der Waals surface area contributed by atoms with Gasteiger partial charge in [0.05, 0.1) is 5.52 Å². The molecule has 0 radical (unpaired) electrons. The number of anilines is 1.